The highest BCUT2D eigenvalue weighted by Crippen LogP contribution is 2.40. The van der Waals surface area contributed by atoms with Gasteiger partial charge in [-0.25, -0.2) is 14.8 Å². The predicted molar refractivity (Wildman–Crippen MR) is 103 cm³/mol. The number of aromatic nitrogens is 2. The van der Waals surface area contributed by atoms with E-state index in [0.29, 0.717) is 5.92 Å². The molecule has 1 heterocycles. The summed E-state index contributed by atoms with van der Waals surface area (Å²) in [7, 11) is 0. The second-order valence-electron chi connectivity index (χ2n) is 7.63. The van der Waals surface area contributed by atoms with Gasteiger partial charge in [0.25, 0.3) is 0 Å². The van der Waals surface area contributed by atoms with E-state index in [-0.39, 0.29) is 5.91 Å². The number of amides is 3. The SMILES string of the molecule is CC(Sc1nc(C2CC2)nc2ccccc12)C(=O)NC(=O)NC(C)(C)C. The molecule has 26 heavy (non-hydrogen) atoms. The van der Waals surface area contributed by atoms with Gasteiger partial charge in [0.05, 0.1) is 10.8 Å². The summed E-state index contributed by atoms with van der Waals surface area (Å²) < 4.78 is 0. The minimum Gasteiger partial charge on any atom is -0.333 e. The van der Waals surface area contributed by atoms with Gasteiger partial charge in [0.2, 0.25) is 5.91 Å². The molecule has 3 rings (SSSR count). The Morgan fingerprint density at radius 3 is 2.54 bits per heavy atom. The van der Waals surface area contributed by atoms with E-state index in [9.17, 15) is 9.59 Å². The first-order chi connectivity index (χ1) is 12.2. The zero-order valence-corrected chi connectivity index (χ0v) is 16.3. The van der Waals surface area contributed by atoms with Gasteiger partial charge in [-0.1, -0.05) is 30.0 Å². The quantitative estimate of drug-likeness (QED) is 0.633. The molecule has 138 valence electrons. The maximum Gasteiger partial charge on any atom is 0.321 e. The van der Waals surface area contributed by atoms with Crippen molar-refractivity contribution >= 4 is 34.6 Å². The lowest BCUT2D eigenvalue weighted by Crippen LogP contribution is -2.49. The zero-order valence-electron chi connectivity index (χ0n) is 15.5. The fourth-order valence-corrected chi connectivity index (χ4v) is 3.43. The molecule has 1 unspecified atom stereocenters. The van der Waals surface area contributed by atoms with Crippen LogP contribution in [-0.4, -0.2) is 32.7 Å². The maximum absolute atomic E-state index is 12.4. The minimum absolute atomic E-state index is 0.340. The van der Waals surface area contributed by atoms with Gasteiger partial charge in [0.1, 0.15) is 10.9 Å². The first-order valence-electron chi connectivity index (χ1n) is 8.79. The molecule has 0 bridgehead atoms. The van der Waals surface area contributed by atoms with Crippen molar-refractivity contribution < 1.29 is 9.59 Å². The van der Waals surface area contributed by atoms with E-state index < -0.39 is 16.8 Å². The Morgan fingerprint density at radius 1 is 1.19 bits per heavy atom. The number of carbonyl (C=O) groups is 2. The lowest BCUT2D eigenvalue weighted by atomic mass is 10.1. The number of nitrogens with one attached hydrogen (secondary N) is 2. The molecule has 0 radical (unpaired) electrons. The van der Waals surface area contributed by atoms with Crippen LogP contribution in [0.2, 0.25) is 0 Å². The fourth-order valence-electron chi connectivity index (χ4n) is 2.48. The van der Waals surface area contributed by atoms with Crippen LogP contribution in [0.15, 0.2) is 29.3 Å². The number of fused-ring (bicyclic) bond motifs is 1. The van der Waals surface area contributed by atoms with Gasteiger partial charge in [0, 0.05) is 16.8 Å². The monoisotopic (exact) mass is 372 g/mol. The number of rotatable bonds is 4. The minimum atomic E-state index is -0.485. The van der Waals surface area contributed by atoms with Crippen molar-refractivity contribution in [2.24, 2.45) is 0 Å². The van der Waals surface area contributed by atoms with Crippen LogP contribution in [0.25, 0.3) is 10.9 Å². The molecular formula is C19H24N4O2S. The van der Waals surface area contributed by atoms with Gasteiger partial charge in [0.15, 0.2) is 0 Å². The molecule has 3 amide bonds. The standard InChI is InChI=1S/C19H24N4O2S/c1-11(16(24)22-18(25)23-19(2,3)4)26-17-13-7-5-6-8-14(13)20-15(21-17)12-9-10-12/h5-8,11-12H,9-10H2,1-4H3,(H2,22,23,24,25). The lowest BCUT2D eigenvalue weighted by Gasteiger charge is -2.21. The van der Waals surface area contributed by atoms with E-state index in [4.69, 9.17) is 4.98 Å². The van der Waals surface area contributed by atoms with Crippen LogP contribution in [0.3, 0.4) is 0 Å². The van der Waals surface area contributed by atoms with Crippen molar-refractivity contribution in [3.8, 4) is 0 Å². The molecular weight excluding hydrogens is 348 g/mol. The molecule has 1 aliphatic carbocycles. The zero-order chi connectivity index (χ0) is 18.9. The highest BCUT2D eigenvalue weighted by Gasteiger charge is 2.28. The van der Waals surface area contributed by atoms with Crippen molar-refractivity contribution in [3.05, 3.63) is 30.1 Å². The third-order valence-electron chi connectivity index (χ3n) is 3.91. The highest BCUT2D eigenvalue weighted by molar-refractivity contribution is 8.00. The topological polar surface area (TPSA) is 84.0 Å². The molecule has 0 spiro atoms. The van der Waals surface area contributed by atoms with Crippen LogP contribution >= 0.6 is 11.8 Å². The molecule has 1 saturated carbocycles. The van der Waals surface area contributed by atoms with Gasteiger partial charge in [-0.15, -0.1) is 0 Å². The van der Waals surface area contributed by atoms with Gasteiger partial charge in [-0.05, 0) is 46.6 Å². The Bertz CT molecular complexity index is 843. The second-order valence-corrected chi connectivity index (χ2v) is 8.96. The average molecular weight is 372 g/mol. The summed E-state index contributed by atoms with van der Waals surface area (Å²) in [4.78, 5) is 33.6. The number of thioether (sulfide) groups is 1. The summed E-state index contributed by atoms with van der Waals surface area (Å²) >= 11 is 1.36. The third kappa shape index (κ3) is 4.72. The van der Waals surface area contributed by atoms with Crippen molar-refractivity contribution in [2.75, 3.05) is 0 Å². The van der Waals surface area contributed by atoms with E-state index >= 15 is 0 Å². The van der Waals surface area contributed by atoms with Crippen LogP contribution in [0, 0.1) is 0 Å². The van der Waals surface area contributed by atoms with E-state index in [2.05, 4.69) is 15.6 Å². The molecule has 0 aliphatic heterocycles. The van der Waals surface area contributed by atoms with E-state index in [1.165, 1.54) is 11.8 Å². The average Bonchev–Trinajstić information content (AvgIpc) is 3.37. The molecule has 6 nitrogen and oxygen atoms in total. The Morgan fingerprint density at radius 2 is 1.88 bits per heavy atom. The number of benzene rings is 1. The Kier molecular flexibility index (Phi) is 5.18. The normalized spacial score (nSPS) is 15.5. The van der Waals surface area contributed by atoms with Gasteiger partial charge in [-0.3, -0.25) is 10.1 Å². The Hall–Kier alpha value is -2.15. The van der Waals surface area contributed by atoms with E-state index in [1.807, 2.05) is 45.0 Å². The molecule has 1 atom stereocenters. The van der Waals surface area contributed by atoms with Crippen LogP contribution in [-0.2, 0) is 4.79 Å². The largest absolute Gasteiger partial charge is 0.333 e. The Labute approximate surface area is 157 Å². The number of imide groups is 1. The highest BCUT2D eigenvalue weighted by atomic mass is 32.2. The molecule has 2 aromatic rings. The van der Waals surface area contributed by atoms with Crippen LogP contribution in [0.5, 0.6) is 0 Å². The summed E-state index contributed by atoms with van der Waals surface area (Å²) in [5.41, 5.74) is 0.493. The van der Waals surface area contributed by atoms with Crippen molar-refractivity contribution in [1.82, 2.24) is 20.6 Å². The summed E-state index contributed by atoms with van der Waals surface area (Å²) in [5, 5.41) is 6.39. The van der Waals surface area contributed by atoms with Gasteiger partial charge >= 0.3 is 6.03 Å². The lowest BCUT2D eigenvalue weighted by molar-refractivity contribution is -0.119. The summed E-state index contributed by atoms with van der Waals surface area (Å²) in [6, 6.07) is 7.34. The maximum atomic E-state index is 12.4. The van der Waals surface area contributed by atoms with Gasteiger partial charge in [-0.2, -0.15) is 0 Å². The first kappa shape index (κ1) is 18.6. The van der Waals surface area contributed by atoms with Gasteiger partial charge < -0.3 is 5.32 Å². The molecule has 1 aliphatic rings. The molecule has 0 saturated heterocycles. The van der Waals surface area contributed by atoms with Crippen molar-refractivity contribution in [1.29, 1.82) is 0 Å². The Balaban J connectivity index is 1.75. The van der Waals surface area contributed by atoms with E-state index in [0.717, 1.165) is 34.6 Å². The first-order valence-corrected chi connectivity index (χ1v) is 9.67. The van der Waals surface area contributed by atoms with Crippen molar-refractivity contribution in [2.45, 2.75) is 62.3 Å². The summed E-state index contributed by atoms with van der Waals surface area (Å²) in [6.07, 6.45) is 2.23. The van der Waals surface area contributed by atoms with Crippen molar-refractivity contribution in [3.63, 3.8) is 0 Å². The van der Waals surface area contributed by atoms with Crippen LogP contribution < -0.4 is 10.6 Å². The number of para-hydroxylation sites is 1. The number of nitrogens with zero attached hydrogens (tertiary/aromatic N) is 2. The number of urea groups is 1. The van der Waals surface area contributed by atoms with E-state index in [1.54, 1.807) is 6.92 Å². The number of hydrogen-bond donors (Lipinski definition) is 2. The van der Waals surface area contributed by atoms with Crippen LogP contribution in [0.4, 0.5) is 4.79 Å². The molecule has 1 fully saturated rings. The molecule has 2 N–H and O–H groups in total. The second kappa shape index (κ2) is 7.23. The molecule has 1 aromatic carbocycles. The third-order valence-corrected chi connectivity index (χ3v) is 5.01. The predicted octanol–water partition coefficient (Wildman–Crippen LogP) is 3.61. The smallest absolute Gasteiger partial charge is 0.321 e. The number of carbonyl (C=O) groups excluding carboxylic acids is 2. The van der Waals surface area contributed by atoms with Crippen LogP contribution in [0.1, 0.15) is 52.3 Å². The molecule has 1 aromatic heterocycles. The molecule has 7 heteroatoms. The number of hydrogen-bond acceptors (Lipinski definition) is 5. The fraction of sp³-hybridized carbons (Fsp3) is 0.474. The summed E-state index contributed by atoms with van der Waals surface area (Å²) in [5.74, 6) is 0.942. The summed E-state index contributed by atoms with van der Waals surface area (Å²) in [6.45, 7) is 7.36.